The first-order valence-electron chi connectivity index (χ1n) is 5.18. The molecule has 0 fully saturated rings. The summed E-state index contributed by atoms with van der Waals surface area (Å²) in [6.45, 7) is 0. The largest absolute Gasteiger partial charge is 1.00 e. The average molecular weight is 286 g/mol. The molecule has 94 valence electrons. The molecule has 0 N–H and O–H groups in total. The third-order valence-corrected chi connectivity index (χ3v) is 3.45. The van der Waals surface area contributed by atoms with E-state index in [4.69, 9.17) is 0 Å². The second-order valence-corrected chi connectivity index (χ2v) is 5.05. The summed E-state index contributed by atoms with van der Waals surface area (Å²) in [6, 6.07) is 15.5. The Morgan fingerprint density at radius 1 is 0.895 bits per heavy atom. The maximum absolute atomic E-state index is 11.8. The molecule has 19 heavy (non-hydrogen) atoms. The van der Waals surface area contributed by atoms with Gasteiger partial charge >= 0.3 is 45.6 Å². The van der Waals surface area contributed by atoms with Gasteiger partial charge in [-0.05, 0) is 24.3 Å². The molecule has 0 bridgehead atoms. The van der Waals surface area contributed by atoms with E-state index in [1.807, 2.05) is 0 Å². The van der Waals surface area contributed by atoms with E-state index in [-0.39, 0.29) is 41.4 Å². The van der Waals surface area contributed by atoms with E-state index in [1.54, 1.807) is 36.4 Å². The van der Waals surface area contributed by atoms with Crippen molar-refractivity contribution >= 4 is 16.1 Å². The van der Waals surface area contributed by atoms with Crippen LogP contribution in [0.5, 0.6) is 0 Å². The molecule has 2 aromatic rings. The van der Waals surface area contributed by atoms with Crippen molar-refractivity contribution in [2.24, 2.45) is 0 Å². The molecule has 0 unspecified atom stereocenters. The molecule has 0 spiro atoms. The first kappa shape index (κ1) is 15.9. The Kier molecular flexibility index (Phi) is 5.75. The van der Waals surface area contributed by atoms with Gasteiger partial charge in [0.25, 0.3) is 0 Å². The van der Waals surface area contributed by atoms with E-state index >= 15 is 0 Å². The first-order chi connectivity index (χ1) is 8.59. The Balaban J connectivity index is 0.00000180. The standard InChI is InChI=1S/C13H10O4S.Na.H/c14-13(11-7-3-1-4-8-11)17-18(15,16)12-9-5-2-6-10-12;;/h1-10H;;/q;+1;-1. The zero-order chi connectivity index (χ0) is 13.0. The number of benzene rings is 2. The van der Waals surface area contributed by atoms with Crippen LogP contribution in [0.25, 0.3) is 0 Å². The van der Waals surface area contributed by atoms with Crippen LogP contribution in [0.15, 0.2) is 65.6 Å². The fourth-order valence-corrected chi connectivity index (χ4v) is 2.24. The van der Waals surface area contributed by atoms with Crippen molar-refractivity contribution < 1.29 is 48.4 Å². The number of rotatable bonds is 3. The number of hydrogen-bond donors (Lipinski definition) is 0. The van der Waals surface area contributed by atoms with Gasteiger partial charge in [0.2, 0.25) is 0 Å². The van der Waals surface area contributed by atoms with Crippen LogP contribution >= 0.6 is 0 Å². The molecule has 2 rings (SSSR count). The molecule has 0 heterocycles. The van der Waals surface area contributed by atoms with Crippen molar-refractivity contribution in [1.29, 1.82) is 0 Å². The van der Waals surface area contributed by atoms with Gasteiger partial charge < -0.3 is 5.61 Å². The minimum absolute atomic E-state index is 0. The smallest absolute Gasteiger partial charge is 1.00 e. The number of carbonyl (C=O) groups is 1. The van der Waals surface area contributed by atoms with Crippen molar-refractivity contribution in [3.05, 3.63) is 66.2 Å². The number of hydrogen-bond acceptors (Lipinski definition) is 4. The molecular formula is C13H11NaO4S. The third kappa shape index (κ3) is 4.18. The Bertz CT molecular complexity index is 645. The van der Waals surface area contributed by atoms with Crippen LogP contribution in [0.4, 0.5) is 0 Å². The summed E-state index contributed by atoms with van der Waals surface area (Å²) < 4.78 is 28.1. The third-order valence-electron chi connectivity index (χ3n) is 2.23. The fourth-order valence-electron chi connectivity index (χ4n) is 1.36. The van der Waals surface area contributed by atoms with E-state index in [2.05, 4.69) is 4.18 Å². The van der Waals surface area contributed by atoms with Crippen molar-refractivity contribution in [3.8, 4) is 0 Å². The molecule has 0 saturated heterocycles. The van der Waals surface area contributed by atoms with E-state index < -0.39 is 16.1 Å². The molecule has 0 aliphatic rings. The fraction of sp³-hybridized carbons (Fsp3) is 0. The Morgan fingerprint density at radius 3 is 1.89 bits per heavy atom. The molecule has 0 aliphatic heterocycles. The minimum atomic E-state index is -4.06. The molecule has 0 saturated carbocycles. The van der Waals surface area contributed by atoms with E-state index in [1.165, 1.54) is 24.3 Å². The second-order valence-electron chi connectivity index (χ2n) is 3.50. The normalized spacial score (nSPS) is 10.3. The Labute approximate surface area is 135 Å². The molecule has 0 aromatic heterocycles. The van der Waals surface area contributed by atoms with Gasteiger partial charge in [0.15, 0.2) is 0 Å². The predicted octanol–water partition coefficient (Wildman–Crippen LogP) is -0.651. The second kappa shape index (κ2) is 6.86. The zero-order valence-electron chi connectivity index (χ0n) is 11.3. The van der Waals surface area contributed by atoms with Gasteiger partial charge in [-0.1, -0.05) is 36.4 Å². The molecule has 0 atom stereocenters. The molecule has 0 radical (unpaired) electrons. The van der Waals surface area contributed by atoms with Crippen molar-refractivity contribution in [2.45, 2.75) is 4.90 Å². The van der Waals surface area contributed by atoms with Gasteiger partial charge in [0.05, 0.1) is 5.56 Å². The first-order valence-corrected chi connectivity index (χ1v) is 6.59. The summed E-state index contributed by atoms with van der Waals surface area (Å²) in [7, 11) is -4.06. The van der Waals surface area contributed by atoms with E-state index in [0.717, 1.165) is 0 Å². The molecule has 2 aromatic carbocycles. The quantitative estimate of drug-likeness (QED) is 0.556. The summed E-state index contributed by atoms with van der Waals surface area (Å²) in [6.07, 6.45) is 0. The van der Waals surface area contributed by atoms with Gasteiger partial charge in [-0.25, -0.2) is 4.79 Å². The van der Waals surface area contributed by atoms with Gasteiger partial charge in [-0.15, -0.1) is 0 Å². The Hall–Kier alpha value is -1.14. The van der Waals surface area contributed by atoms with Crippen molar-refractivity contribution in [2.75, 3.05) is 0 Å². The SMILES string of the molecule is O=C(OS(=O)(=O)c1ccccc1)c1ccccc1.[H-].[Na+]. The van der Waals surface area contributed by atoms with Crippen LogP contribution in [0.2, 0.25) is 0 Å². The van der Waals surface area contributed by atoms with Gasteiger partial charge in [0.1, 0.15) is 4.90 Å². The van der Waals surface area contributed by atoms with Gasteiger partial charge in [-0.2, -0.15) is 8.42 Å². The van der Waals surface area contributed by atoms with Gasteiger partial charge in [-0.3, -0.25) is 0 Å². The summed E-state index contributed by atoms with van der Waals surface area (Å²) in [4.78, 5) is 11.6. The molecular weight excluding hydrogens is 275 g/mol. The van der Waals surface area contributed by atoms with Crippen LogP contribution in [0, 0.1) is 0 Å². The van der Waals surface area contributed by atoms with Gasteiger partial charge in [0, 0.05) is 0 Å². The minimum Gasteiger partial charge on any atom is -1.00 e. The number of carbonyl (C=O) groups excluding carboxylic acids is 1. The van der Waals surface area contributed by atoms with Crippen LogP contribution < -0.4 is 29.6 Å². The van der Waals surface area contributed by atoms with Crippen LogP contribution in [0.1, 0.15) is 11.8 Å². The topological polar surface area (TPSA) is 60.4 Å². The summed E-state index contributed by atoms with van der Waals surface area (Å²) in [5.74, 6) is -0.889. The summed E-state index contributed by atoms with van der Waals surface area (Å²) >= 11 is 0. The van der Waals surface area contributed by atoms with Crippen LogP contribution in [-0.4, -0.2) is 14.4 Å². The molecule has 0 aliphatic carbocycles. The summed E-state index contributed by atoms with van der Waals surface area (Å²) in [5.41, 5.74) is 0.192. The Morgan fingerprint density at radius 2 is 1.37 bits per heavy atom. The predicted molar refractivity (Wildman–Crippen MR) is 66.6 cm³/mol. The van der Waals surface area contributed by atoms with E-state index in [0.29, 0.717) is 0 Å². The zero-order valence-corrected chi connectivity index (χ0v) is 13.1. The molecule has 6 heteroatoms. The summed E-state index contributed by atoms with van der Waals surface area (Å²) in [5, 5.41) is 0. The van der Waals surface area contributed by atoms with Crippen molar-refractivity contribution in [3.63, 3.8) is 0 Å². The monoisotopic (exact) mass is 286 g/mol. The molecule has 0 amide bonds. The maximum Gasteiger partial charge on any atom is 1.00 e. The van der Waals surface area contributed by atoms with Crippen LogP contribution in [-0.2, 0) is 14.3 Å². The van der Waals surface area contributed by atoms with Crippen LogP contribution in [0.3, 0.4) is 0 Å². The maximum atomic E-state index is 11.8. The molecule has 4 nitrogen and oxygen atoms in total. The van der Waals surface area contributed by atoms with Crippen molar-refractivity contribution in [1.82, 2.24) is 0 Å². The average Bonchev–Trinajstić information content (AvgIpc) is 2.40. The van der Waals surface area contributed by atoms with E-state index in [9.17, 15) is 13.2 Å².